The van der Waals surface area contributed by atoms with Gasteiger partial charge in [0.2, 0.25) is 0 Å². The van der Waals surface area contributed by atoms with Gasteiger partial charge < -0.3 is 5.11 Å². The quantitative estimate of drug-likeness (QED) is 0.208. The van der Waals surface area contributed by atoms with Crippen LogP contribution in [0.15, 0.2) is 11.3 Å². The van der Waals surface area contributed by atoms with Crippen LogP contribution in [0.1, 0.15) is 140 Å². The van der Waals surface area contributed by atoms with Crippen molar-refractivity contribution in [2.45, 2.75) is 140 Å². The fraction of sp³-hybridized carbons (Fsp3) is 0.857. The van der Waals surface area contributed by atoms with E-state index in [4.69, 9.17) is 0 Å². The van der Waals surface area contributed by atoms with Crippen LogP contribution in [-0.2, 0) is 14.4 Å². The number of allylic oxidation sites excluding steroid dienone is 2. The molecule has 4 nitrogen and oxygen atoms in total. The maximum absolute atomic E-state index is 15.1. The van der Waals surface area contributed by atoms with Gasteiger partial charge in [-0.25, -0.2) is 0 Å². The summed E-state index contributed by atoms with van der Waals surface area (Å²) in [6.45, 7) is 23.1. The number of carbonyl (C=O) groups is 3. The molecule has 2 bridgehead atoms. The van der Waals surface area contributed by atoms with Crippen LogP contribution in [0.25, 0.3) is 0 Å². The van der Waals surface area contributed by atoms with Gasteiger partial charge in [-0.05, 0) is 80.0 Å². The normalized spacial score (nSPS) is 29.6. The van der Waals surface area contributed by atoms with Gasteiger partial charge >= 0.3 is 0 Å². The minimum absolute atomic E-state index is 0.00441. The number of ketones is 3. The Morgan fingerprint density at radius 1 is 0.821 bits per heavy atom. The zero-order valence-electron chi connectivity index (χ0n) is 27.2. The zero-order chi connectivity index (χ0) is 29.9. The van der Waals surface area contributed by atoms with Gasteiger partial charge in [-0.15, -0.1) is 0 Å². The van der Waals surface area contributed by atoms with E-state index in [1.165, 1.54) is 0 Å². The molecule has 0 aliphatic heterocycles. The van der Waals surface area contributed by atoms with E-state index in [-0.39, 0.29) is 29.0 Å². The molecular weight excluding hydrogens is 484 g/mol. The van der Waals surface area contributed by atoms with Crippen molar-refractivity contribution in [2.75, 3.05) is 0 Å². The fourth-order valence-electron chi connectivity index (χ4n) is 7.55. The van der Waals surface area contributed by atoms with Crippen molar-refractivity contribution in [1.82, 2.24) is 0 Å². The van der Waals surface area contributed by atoms with Gasteiger partial charge in [0, 0.05) is 11.5 Å². The molecule has 2 aliphatic carbocycles. The number of aliphatic hydroxyl groups excluding tert-OH is 1. The molecule has 1 saturated carbocycles. The number of aliphatic hydroxyl groups is 1. The SMILES string of the molecule is CC(C)CCC[C@]1(C)[C@@H](CCC(C)C)C[C@@]2(CCC(C)C)C(=O)[C@]1(C(=O)C(C)C)C(=O)C(CCC(C)C)=C2O. The van der Waals surface area contributed by atoms with Crippen LogP contribution in [0.5, 0.6) is 0 Å². The van der Waals surface area contributed by atoms with E-state index in [9.17, 15) is 14.7 Å². The highest BCUT2D eigenvalue weighted by atomic mass is 16.3. The molecule has 39 heavy (non-hydrogen) atoms. The Hall–Kier alpha value is -1.45. The molecule has 224 valence electrons. The topological polar surface area (TPSA) is 71.4 Å². The second-order valence-electron chi connectivity index (χ2n) is 15.3. The molecule has 0 unspecified atom stereocenters. The van der Waals surface area contributed by atoms with Crippen molar-refractivity contribution < 1.29 is 19.5 Å². The third-order valence-electron chi connectivity index (χ3n) is 10.1. The predicted octanol–water partition coefficient (Wildman–Crippen LogP) is 9.31. The molecule has 0 radical (unpaired) electrons. The second kappa shape index (κ2) is 13.0. The summed E-state index contributed by atoms with van der Waals surface area (Å²) in [6, 6.07) is 0. The van der Waals surface area contributed by atoms with Crippen LogP contribution in [0.4, 0.5) is 0 Å². The Labute approximate surface area is 240 Å². The number of rotatable bonds is 15. The first kappa shape index (κ1) is 33.8. The molecule has 1 N–H and O–H groups in total. The summed E-state index contributed by atoms with van der Waals surface area (Å²) in [7, 11) is 0. The molecule has 0 spiro atoms. The Kier molecular flexibility index (Phi) is 11.3. The minimum atomic E-state index is -1.71. The molecule has 0 saturated heterocycles. The van der Waals surface area contributed by atoms with Gasteiger partial charge in [-0.2, -0.15) is 0 Å². The molecule has 2 aliphatic rings. The lowest BCUT2D eigenvalue weighted by Crippen LogP contribution is -2.71. The first-order chi connectivity index (χ1) is 18.0. The molecule has 0 aromatic rings. The van der Waals surface area contributed by atoms with Crippen LogP contribution < -0.4 is 0 Å². The zero-order valence-corrected chi connectivity index (χ0v) is 27.2. The van der Waals surface area contributed by atoms with Crippen LogP contribution in [0.2, 0.25) is 0 Å². The summed E-state index contributed by atoms with van der Waals surface area (Å²) in [5.74, 6) is 0.382. The maximum Gasteiger partial charge on any atom is 0.183 e. The molecule has 2 rings (SSSR count). The van der Waals surface area contributed by atoms with E-state index >= 15 is 4.79 Å². The van der Waals surface area contributed by atoms with E-state index in [0.717, 1.165) is 38.5 Å². The average Bonchev–Trinajstić information content (AvgIpc) is 2.81. The number of carbonyl (C=O) groups excluding carboxylic acids is 3. The van der Waals surface area contributed by atoms with Crippen molar-refractivity contribution >= 4 is 17.3 Å². The highest BCUT2D eigenvalue weighted by Gasteiger charge is 2.75. The van der Waals surface area contributed by atoms with Gasteiger partial charge in [0.1, 0.15) is 5.76 Å². The molecular formula is C35H60O4. The van der Waals surface area contributed by atoms with Gasteiger partial charge in [0.15, 0.2) is 22.8 Å². The fourth-order valence-corrected chi connectivity index (χ4v) is 7.55. The van der Waals surface area contributed by atoms with Crippen molar-refractivity contribution in [2.24, 2.45) is 51.8 Å². The summed E-state index contributed by atoms with van der Waals surface area (Å²) >= 11 is 0. The molecule has 4 heteroatoms. The Morgan fingerprint density at radius 3 is 1.85 bits per heavy atom. The molecule has 4 atom stereocenters. The highest BCUT2D eigenvalue weighted by molar-refractivity contribution is 6.33. The van der Waals surface area contributed by atoms with Gasteiger partial charge in [0.05, 0.1) is 5.41 Å². The molecule has 0 heterocycles. The Bertz CT molecular complexity index is 923. The van der Waals surface area contributed by atoms with E-state index in [2.05, 4.69) is 62.3 Å². The Balaban J connectivity index is 2.95. The van der Waals surface area contributed by atoms with Crippen LogP contribution >= 0.6 is 0 Å². The maximum atomic E-state index is 15.1. The van der Waals surface area contributed by atoms with E-state index in [1.807, 2.05) is 13.8 Å². The van der Waals surface area contributed by atoms with Crippen LogP contribution in [0, 0.1) is 51.8 Å². The third-order valence-corrected chi connectivity index (χ3v) is 10.1. The van der Waals surface area contributed by atoms with Gasteiger partial charge in [-0.3, -0.25) is 14.4 Å². The molecule has 0 aromatic carbocycles. The number of Topliss-reactive ketones (excluding diaryl/α,β-unsaturated/α-hetero) is 3. The number of hydrogen-bond donors (Lipinski definition) is 1. The van der Waals surface area contributed by atoms with Crippen LogP contribution in [0.3, 0.4) is 0 Å². The summed E-state index contributed by atoms with van der Waals surface area (Å²) in [6.07, 6.45) is 7.39. The van der Waals surface area contributed by atoms with Crippen molar-refractivity contribution in [1.29, 1.82) is 0 Å². The lowest BCUT2D eigenvalue weighted by molar-refractivity contribution is -0.182. The lowest BCUT2D eigenvalue weighted by Gasteiger charge is -2.61. The number of fused-ring (bicyclic) bond motifs is 2. The van der Waals surface area contributed by atoms with E-state index in [1.54, 1.807) is 0 Å². The smallest absolute Gasteiger partial charge is 0.183 e. The summed E-state index contributed by atoms with van der Waals surface area (Å²) in [5, 5.41) is 12.0. The summed E-state index contributed by atoms with van der Waals surface area (Å²) in [4.78, 5) is 44.5. The van der Waals surface area contributed by atoms with Crippen molar-refractivity contribution in [3.63, 3.8) is 0 Å². The van der Waals surface area contributed by atoms with Crippen LogP contribution in [-0.4, -0.2) is 22.5 Å². The summed E-state index contributed by atoms with van der Waals surface area (Å²) < 4.78 is 0. The average molecular weight is 545 g/mol. The van der Waals surface area contributed by atoms with E-state index in [0.29, 0.717) is 54.9 Å². The molecule has 1 fully saturated rings. The third kappa shape index (κ3) is 6.25. The molecule has 0 aromatic heterocycles. The second-order valence-corrected chi connectivity index (χ2v) is 15.3. The van der Waals surface area contributed by atoms with Crippen molar-refractivity contribution in [3.8, 4) is 0 Å². The summed E-state index contributed by atoms with van der Waals surface area (Å²) in [5.41, 5.74) is -3.25. The van der Waals surface area contributed by atoms with E-state index < -0.39 is 22.2 Å². The standard InChI is InChI=1S/C35H60O4/c1-22(2)13-12-19-33(11)27(16-14-23(3)4)21-34(20-18-25(7)8)30(37)28(17-15-24(5)6)31(38)35(33,32(34)39)29(36)26(9)10/h22-27,37H,12-21H2,1-11H3/t27-,33+,34+,35-/m0/s1. The van der Waals surface area contributed by atoms with Crippen molar-refractivity contribution in [3.05, 3.63) is 11.3 Å². The molecule has 0 amide bonds. The number of hydrogen-bond acceptors (Lipinski definition) is 4. The first-order valence-electron chi connectivity index (χ1n) is 16.1. The van der Waals surface area contributed by atoms with Gasteiger partial charge in [-0.1, -0.05) is 95.4 Å². The Morgan fingerprint density at radius 2 is 1.36 bits per heavy atom. The lowest BCUT2D eigenvalue weighted by atomic mass is 9.37. The largest absolute Gasteiger partial charge is 0.511 e. The highest BCUT2D eigenvalue weighted by Crippen LogP contribution is 2.68. The van der Waals surface area contributed by atoms with Gasteiger partial charge in [0.25, 0.3) is 0 Å². The first-order valence-corrected chi connectivity index (χ1v) is 16.1. The predicted molar refractivity (Wildman–Crippen MR) is 161 cm³/mol. The monoisotopic (exact) mass is 544 g/mol. The minimum Gasteiger partial charge on any atom is -0.511 e.